The number of piperidine rings is 1. The van der Waals surface area contributed by atoms with E-state index in [0.29, 0.717) is 11.5 Å². The third-order valence-corrected chi connectivity index (χ3v) is 3.80. The molecule has 0 bridgehead atoms. The van der Waals surface area contributed by atoms with Gasteiger partial charge in [0.05, 0.1) is 0 Å². The summed E-state index contributed by atoms with van der Waals surface area (Å²) in [5, 5.41) is 0. The second-order valence-electron chi connectivity index (χ2n) is 4.91. The van der Waals surface area contributed by atoms with E-state index in [0.717, 1.165) is 38.2 Å². The van der Waals surface area contributed by atoms with Gasteiger partial charge in [0.25, 0.3) is 0 Å². The van der Waals surface area contributed by atoms with Crippen LogP contribution < -0.4 is 10.6 Å². The molecule has 104 valence electrons. The Labute approximate surface area is 118 Å². The normalized spacial score (nSPS) is 16.6. The maximum atomic E-state index is 13.3. The predicted octanol–water partition coefficient (Wildman–Crippen LogP) is 2.32. The van der Waals surface area contributed by atoms with Crippen molar-refractivity contribution in [2.45, 2.75) is 12.8 Å². The smallest absolute Gasteiger partial charge is 0.124 e. The van der Waals surface area contributed by atoms with Crippen LogP contribution in [-0.4, -0.2) is 31.8 Å². The van der Waals surface area contributed by atoms with Crippen LogP contribution in [0.4, 0.5) is 10.1 Å². The Morgan fingerprint density at radius 3 is 2.74 bits per heavy atom. The number of rotatable bonds is 4. The standard InChI is InChI=1S/C14H19FN2OS/c1-18-9-10-4-6-17(7-5-10)13-3-2-11(15)8-12(13)14(16)19/h2-3,8,10H,4-7,9H2,1H3,(H2,16,19). The molecule has 0 spiro atoms. The number of nitrogens with two attached hydrogens (primary N) is 1. The lowest BCUT2D eigenvalue weighted by molar-refractivity contribution is 0.139. The highest BCUT2D eigenvalue weighted by Crippen LogP contribution is 2.27. The minimum absolute atomic E-state index is 0.244. The number of methoxy groups -OCH3 is 1. The summed E-state index contributed by atoms with van der Waals surface area (Å²) in [6.07, 6.45) is 2.14. The Bertz CT molecular complexity index is 459. The molecule has 1 aliphatic heterocycles. The maximum absolute atomic E-state index is 13.3. The van der Waals surface area contributed by atoms with Gasteiger partial charge in [-0.3, -0.25) is 0 Å². The van der Waals surface area contributed by atoms with Crippen molar-refractivity contribution in [3.05, 3.63) is 29.6 Å². The van der Waals surface area contributed by atoms with Crippen LogP contribution in [0.3, 0.4) is 0 Å². The van der Waals surface area contributed by atoms with Crippen molar-refractivity contribution in [2.24, 2.45) is 11.7 Å². The van der Waals surface area contributed by atoms with E-state index in [1.165, 1.54) is 12.1 Å². The first-order chi connectivity index (χ1) is 9.11. The molecule has 0 aromatic heterocycles. The first kappa shape index (κ1) is 14.2. The molecule has 1 aliphatic rings. The maximum Gasteiger partial charge on any atom is 0.124 e. The van der Waals surface area contributed by atoms with Crippen molar-refractivity contribution < 1.29 is 9.13 Å². The molecule has 0 radical (unpaired) electrons. The van der Waals surface area contributed by atoms with Gasteiger partial charge in [0.15, 0.2) is 0 Å². The molecule has 2 rings (SSSR count). The molecule has 0 aliphatic carbocycles. The van der Waals surface area contributed by atoms with Crippen LogP contribution in [0.5, 0.6) is 0 Å². The molecule has 1 aromatic rings. The van der Waals surface area contributed by atoms with Crippen molar-refractivity contribution in [3.8, 4) is 0 Å². The fourth-order valence-corrected chi connectivity index (χ4v) is 2.72. The van der Waals surface area contributed by atoms with E-state index in [1.807, 2.05) is 0 Å². The number of nitrogens with zero attached hydrogens (tertiary/aromatic N) is 1. The third kappa shape index (κ3) is 3.42. The lowest BCUT2D eigenvalue weighted by Gasteiger charge is -2.34. The van der Waals surface area contributed by atoms with E-state index in [-0.39, 0.29) is 10.8 Å². The number of hydrogen-bond donors (Lipinski definition) is 1. The average molecular weight is 282 g/mol. The monoisotopic (exact) mass is 282 g/mol. The van der Waals surface area contributed by atoms with Crippen molar-refractivity contribution in [2.75, 3.05) is 31.7 Å². The molecule has 2 N–H and O–H groups in total. The lowest BCUT2D eigenvalue weighted by Crippen LogP contribution is -2.36. The molecule has 3 nitrogen and oxygen atoms in total. The summed E-state index contributed by atoms with van der Waals surface area (Å²) in [5.41, 5.74) is 7.24. The predicted molar refractivity (Wildman–Crippen MR) is 79.1 cm³/mol. The Balaban J connectivity index is 2.13. The van der Waals surface area contributed by atoms with Crippen LogP contribution in [0.1, 0.15) is 18.4 Å². The van der Waals surface area contributed by atoms with Crippen molar-refractivity contribution in [1.29, 1.82) is 0 Å². The number of benzene rings is 1. The highest BCUT2D eigenvalue weighted by Gasteiger charge is 2.21. The zero-order valence-electron chi connectivity index (χ0n) is 11.1. The van der Waals surface area contributed by atoms with E-state index in [1.54, 1.807) is 13.2 Å². The summed E-state index contributed by atoms with van der Waals surface area (Å²) in [5.74, 6) is 0.302. The van der Waals surface area contributed by atoms with E-state index in [2.05, 4.69) is 4.90 Å². The fourth-order valence-electron chi connectivity index (χ4n) is 2.56. The zero-order chi connectivity index (χ0) is 13.8. The van der Waals surface area contributed by atoms with Gasteiger partial charge in [-0.1, -0.05) is 12.2 Å². The topological polar surface area (TPSA) is 38.5 Å². The summed E-state index contributed by atoms with van der Waals surface area (Å²) in [7, 11) is 1.73. The SMILES string of the molecule is COCC1CCN(c2ccc(F)cc2C(N)=S)CC1. The first-order valence-corrected chi connectivity index (χ1v) is 6.86. The molecule has 19 heavy (non-hydrogen) atoms. The molecule has 0 atom stereocenters. The van der Waals surface area contributed by atoms with E-state index in [4.69, 9.17) is 22.7 Å². The molecule has 1 aromatic carbocycles. The van der Waals surface area contributed by atoms with E-state index >= 15 is 0 Å². The Hall–Kier alpha value is -1.20. The van der Waals surface area contributed by atoms with Gasteiger partial charge in [0, 0.05) is 38.1 Å². The van der Waals surface area contributed by atoms with Crippen LogP contribution in [0.2, 0.25) is 0 Å². The van der Waals surface area contributed by atoms with Gasteiger partial charge < -0.3 is 15.4 Å². The summed E-state index contributed by atoms with van der Waals surface area (Å²) in [6.45, 7) is 2.66. The number of thiocarbonyl (C=S) groups is 1. The molecule has 1 saturated heterocycles. The molecule has 1 heterocycles. The second-order valence-corrected chi connectivity index (χ2v) is 5.35. The van der Waals surface area contributed by atoms with E-state index in [9.17, 15) is 4.39 Å². The summed E-state index contributed by atoms with van der Waals surface area (Å²) in [4.78, 5) is 2.47. The lowest BCUT2D eigenvalue weighted by atomic mass is 9.96. The first-order valence-electron chi connectivity index (χ1n) is 6.45. The average Bonchev–Trinajstić information content (AvgIpc) is 2.40. The van der Waals surface area contributed by atoms with Gasteiger partial charge in [0.1, 0.15) is 10.8 Å². The van der Waals surface area contributed by atoms with Crippen LogP contribution in [0, 0.1) is 11.7 Å². The number of hydrogen-bond acceptors (Lipinski definition) is 3. The van der Waals surface area contributed by atoms with Gasteiger partial charge in [-0.2, -0.15) is 0 Å². The summed E-state index contributed by atoms with van der Waals surface area (Å²) in [6, 6.07) is 4.64. The Morgan fingerprint density at radius 1 is 1.47 bits per heavy atom. The van der Waals surface area contributed by atoms with Gasteiger partial charge in [-0.25, -0.2) is 4.39 Å². The van der Waals surface area contributed by atoms with Crippen LogP contribution >= 0.6 is 12.2 Å². The molecule has 5 heteroatoms. The summed E-state index contributed by atoms with van der Waals surface area (Å²) < 4.78 is 18.5. The van der Waals surface area contributed by atoms with Crippen LogP contribution in [-0.2, 0) is 4.74 Å². The Morgan fingerprint density at radius 2 is 2.16 bits per heavy atom. The third-order valence-electron chi connectivity index (χ3n) is 3.58. The highest BCUT2D eigenvalue weighted by atomic mass is 32.1. The minimum Gasteiger partial charge on any atom is -0.389 e. The van der Waals surface area contributed by atoms with Crippen molar-refractivity contribution in [3.63, 3.8) is 0 Å². The number of ether oxygens (including phenoxy) is 1. The molecular weight excluding hydrogens is 263 g/mol. The van der Waals surface area contributed by atoms with Crippen molar-refractivity contribution >= 4 is 22.9 Å². The molecule has 0 amide bonds. The molecule has 0 saturated carbocycles. The summed E-state index contributed by atoms with van der Waals surface area (Å²) >= 11 is 5.01. The highest BCUT2D eigenvalue weighted by molar-refractivity contribution is 7.80. The quantitative estimate of drug-likeness (QED) is 0.860. The largest absolute Gasteiger partial charge is 0.389 e. The molecule has 1 fully saturated rings. The second kappa shape index (κ2) is 6.30. The molecular formula is C14H19FN2OS. The Kier molecular flexibility index (Phi) is 4.71. The van der Waals surface area contributed by atoms with Crippen LogP contribution in [0.15, 0.2) is 18.2 Å². The number of anilines is 1. The van der Waals surface area contributed by atoms with Crippen molar-refractivity contribution in [1.82, 2.24) is 0 Å². The van der Waals surface area contributed by atoms with Gasteiger partial charge >= 0.3 is 0 Å². The number of halogens is 1. The van der Waals surface area contributed by atoms with E-state index < -0.39 is 0 Å². The minimum atomic E-state index is -0.305. The molecule has 0 unspecified atom stereocenters. The van der Waals surface area contributed by atoms with Gasteiger partial charge in [-0.15, -0.1) is 0 Å². The van der Waals surface area contributed by atoms with Crippen LogP contribution in [0.25, 0.3) is 0 Å². The van der Waals surface area contributed by atoms with Gasteiger partial charge in [0.2, 0.25) is 0 Å². The fraction of sp³-hybridized carbons (Fsp3) is 0.500. The zero-order valence-corrected chi connectivity index (χ0v) is 11.9. The van der Waals surface area contributed by atoms with Gasteiger partial charge in [-0.05, 0) is 37.0 Å².